The van der Waals surface area contributed by atoms with Gasteiger partial charge in [-0.2, -0.15) is 0 Å². The Morgan fingerprint density at radius 2 is 1.72 bits per heavy atom. The Bertz CT molecular complexity index is 1640. The number of rotatable bonds is 6. The number of hydrogen-bond acceptors (Lipinski definition) is 8. The second kappa shape index (κ2) is 10.8. The molecule has 3 aromatic carbocycles. The number of amides is 1. The van der Waals surface area contributed by atoms with Crippen molar-refractivity contribution in [1.82, 2.24) is 4.90 Å². The fourth-order valence-electron chi connectivity index (χ4n) is 4.69. The Morgan fingerprint density at radius 3 is 2.46 bits per heavy atom. The predicted octanol–water partition coefficient (Wildman–Crippen LogP) is 4.51. The lowest BCUT2D eigenvalue weighted by molar-refractivity contribution is -0.384. The van der Waals surface area contributed by atoms with Gasteiger partial charge in [-0.1, -0.05) is 30.3 Å². The minimum atomic E-state index is -0.619. The van der Waals surface area contributed by atoms with Crippen LogP contribution in [-0.2, 0) is 4.74 Å². The molecule has 0 aliphatic carbocycles. The van der Waals surface area contributed by atoms with Gasteiger partial charge in [0.25, 0.3) is 11.6 Å². The zero-order valence-corrected chi connectivity index (χ0v) is 21.2. The van der Waals surface area contributed by atoms with E-state index in [1.165, 1.54) is 12.1 Å². The Balaban J connectivity index is 1.32. The number of nitro groups is 1. The lowest BCUT2D eigenvalue weighted by Gasteiger charge is -2.36. The summed E-state index contributed by atoms with van der Waals surface area (Å²) in [6.07, 6.45) is 0. The van der Waals surface area contributed by atoms with Gasteiger partial charge in [-0.05, 0) is 48.9 Å². The molecule has 1 saturated heterocycles. The first-order valence-electron chi connectivity index (χ1n) is 12.5. The molecule has 1 aliphatic heterocycles. The minimum Gasteiger partial charge on any atom is -0.462 e. The van der Waals surface area contributed by atoms with Gasteiger partial charge in [0.2, 0.25) is 0 Å². The lowest BCUT2D eigenvalue weighted by Crippen LogP contribution is -2.49. The van der Waals surface area contributed by atoms with Crippen molar-refractivity contribution in [1.29, 1.82) is 0 Å². The molecule has 0 bridgehead atoms. The average molecular weight is 528 g/mol. The highest BCUT2D eigenvalue weighted by atomic mass is 16.6. The monoisotopic (exact) mass is 527 g/mol. The van der Waals surface area contributed by atoms with E-state index < -0.39 is 16.5 Å². The Kier molecular flexibility index (Phi) is 7.09. The highest BCUT2D eigenvalue weighted by molar-refractivity contribution is 5.96. The molecule has 1 amide bonds. The van der Waals surface area contributed by atoms with E-state index in [0.29, 0.717) is 54.1 Å². The molecule has 0 radical (unpaired) electrons. The van der Waals surface area contributed by atoms with Gasteiger partial charge in [-0.25, -0.2) is 9.59 Å². The number of piperazine rings is 1. The molecule has 10 nitrogen and oxygen atoms in total. The molecule has 10 heteroatoms. The number of fused-ring (bicyclic) bond motifs is 1. The number of anilines is 1. The lowest BCUT2D eigenvalue weighted by atomic mass is 10.0. The van der Waals surface area contributed by atoms with Crippen molar-refractivity contribution in [3.05, 3.63) is 104 Å². The Labute approximate surface area is 223 Å². The normalized spacial score (nSPS) is 13.4. The van der Waals surface area contributed by atoms with Crippen LogP contribution in [0, 0.1) is 10.1 Å². The van der Waals surface area contributed by atoms with Crippen molar-refractivity contribution in [2.75, 3.05) is 37.7 Å². The van der Waals surface area contributed by atoms with Crippen molar-refractivity contribution in [2.24, 2.45) is 0 Å². The molecule has 1 fully saturated rings. The first kappa shape index (κ1) is 25.7. The summed E-state index contributed by atoms with van der Waals surface area (Å²) in [7, 11) is 0. The van der Waals surface area contributed by atoms with E-state index in [0.717, 1.165) is 5.39 Å². The van der Waals surface area contributed by atoms with Crippen molar-refractivity contribution in [3.63, 3.8) is 0 Å². The quantitative estimate of drug-likeness (QED) is 0.155. The van der Waals surface area contributed by atoms with Crippen molar-refractivity contribution in [2.45, 2.75) is 6.92 Å². The van der Waals surface area contributed by atoms with Gasteiger partial charge in [-0.15, -0.1) is 0 Å². The smallest absolute Gasteiger partial charge is 0.344 e. The van der Waals surface area contributed by atoms with E-state index >= 15 is 0 Å². The molecule has 1 aliphatic rings. The second-order valence-electron chi connectivity index (χ2n) is 9.03. The number of para-hydroxylation sites is 1. The van der Waals surface area contributed by atoms with Crippen LogP contribution in [0.3, 0.4) is 0 Å². The van der Waals surface area contributed by atoms with E-state index in [9.17, 15) is 24.5 Å². The summed E-state index contributed by atoms with van der Waals surface area (Å²) >= 11 is 0. The maximum atomic E-state index is 13.3. The molecule has 0 N–H and O–H groups in total. The largest absolute Gasteiger partial charge is 0.462 e. The third-order valence-corrected chi connectivity index (χ3v) is 6.65. The van der Waals surface area contributed by atoms with Gasteiger partial charge in [0.15, 0.2) is 0 Å². The first-order chi connectivity index (χ1) is 18.9. The van der Waals surface area contributed by atoms with Crippen LogP contribution >= 0.6 is 0 Å². The van der Waals surface area contributed by atoms with Gasteiger partial charge in [0.1, 0.15) is 11.3 Å². The highest BCUT2D eigenvalue weighted by Crippen LogP contribution is 2.31. The Morgan fingerprint density at radius 1 is 0.949 bits per heavy atom. The maximum Gasteiger partial charge on any atom is 0.344 e. The fraction of sp³-hybridized carbons (Fsp3) is 0.207. The number of esters is 1. The summed E-state index contributed by atoms with van der Waals surface area (Å²) < 4.78 is 10.4. The number of nitro benzene ring substituents is 1. The summed E-state index contributed by atoms with van der Waals surface area (Å²) in [6.45, 7) is 3.27. The van der Waals surface area contributed by atoms with Gasteiger partial charge in [0, 0.05) is 43.2 Å². The third-order valence-electron chi connectivity index (χ3n) is 6.65. The molecule has 1 aromatic heterocycles. The highest BCUT2D eigenvalue weighted by Gasteiger charge is 2.27. The van der Waals surface area contributed by atoms with Crippen molar-refractivity contribution in [3.8, 4) is 11.1 Å². The zero-order valence-electron chi connectivity index (χ0n) is 21.2. The molecule has 4 aromatic rings. The molecule has 39 heavy (non-hydrogen) atoms. The molecule has 198 valence electrons. The molecular weight excluding hydrogens is 502 g/mol. The molecule has 0 spiro atoms. The first-order valence-corrected chi connectivity index (χ1v) is 12.5. The van der Waals surface area contributed by atoms with Crippen LogP contribution in [-0.4, -0.2) is 54.5 Å². The van der Waals surface area contributed by atoms with Gasteiger partial charge < -0.3 is 19.0 Å². The molecule has 2 heterocycles. The van der Waals surface area contributed by atoms with E-state index in [-0.39, 0.29) is 23.8 Å². The molecule has 0 unspecified atom stereocenters. The maximum absolute atomic E-state index is 13.3. The number of hydrogen-bond donors (Lipinski definition) is 0. The van der Waals surface area contributed by atoms with Crippen molar-refractivity contribution >= 4 is 34.2 Å². The summed E-state index contributed by atoms with van der Waals surface area (Å²) in [4.78, 5) is 52.7. The van der Waals surface area contributed by atoms with Crippen LogP contribution in [0.2, 0.25) is 0 Å². The number of nitrogens with zero attached hydrogens (tertiary/aromatic N) is 3. The van der Waals surface area contributed by atoms with Gasteiger partial charge >= 0.3 is 11.6 Å². The average Bonchev–Trinajstić information content (AvgIpc) is 2.96. The van der Waals surface area contributed by atoms with Crippen LogP contribution in [0.4, 0.5) is 11.4 Å². The zero-order chi connectivity index (χ0) is 27.5. The number of ether oxygens (including phenoxy) is 1. The summed E-state index contributed by atoms with van der Waals surface area (Å²) in [5.74, 6) is -0.819. The Hall–Kier alpha value is -4.99. The number of benzene rings is 3. The standard InChI is InChI=1S/C29H25N3O7/c1-2-38-28(34)22-10-11-24(25(18-22)32(36)37)30-12-14-31(15-13-30)27(33)21-8-5-7-19(16-21)23-17-20-6-3-4-9-26(20)39-29(23)35/h3-11,16-18H,2,12-15H2,1H3. The van der Waals surface area contributed by atoms with Crippen LogP contribution in [0.5, 0.6) is 0 Å². The summed E-state index contributed by atoms with van der Waals surface area (Å²) in [6, 6.07) is 20.1. The van der Waals surface area contributed by atoms with Crippen LogP contribution in [0.15, 0.2) is 82.0 Å². The van der Waals surface area contributed by atoms with Crippen LogP contribution < -0.4 is 10.5 Å². The minimum absolute atomic E-state index is 0.112. The van der Waals surface area contributed by atoms with E-state index in [1.54, 1.807) is 60.4 Å². The number of carbonyl (C=O) groups is 2. The SMILES string of the molecule is CCOC(=O)c1ccc(N2CCN(C(=O)c3cccc(-c4cc5ccccc5oc4=O)c3)CC2)c([N+](=O)[O-])c1. The number of carbonyl (C=O) groups excluding carboxylic acids is 2. The molecular formula is C29H25N3O7. The molecule has 5 rings (SSSR count). The summed E-state index contributed by atoms with van der Waals surface area (Å²) in [5, 5.41) is 12.5. The van der Waals surface area contributed by atoms with Crippen LogP contribution in [0.1, 0.15) is 27.6 Å². The van der Waals surface area contributed by atoms with Gasteiger partial charge in [0.05, 0.1) is 22.7 Å². The molecule has 0 saturated carbocycles. The van der Waals surface area contributed by atoms with Crippen molar-refractivity contribution < 1.29 is 23.7 Å². The van der Waals surface area contributed by atoms with Gasteiger partial charge in [-0.3, -0.25) is 14.9 Å². The topological polar surface area (TPSA) is 123 Å². The fourth-order valence-corrected chi connectivity index (χ4v) is 4.69. The van der Waals surface area contributed by atoms with E-state index in [1.807, 2.05) is 17.0 Å². The predicted molar refractivity (Wildman–Crippen MR) is 145 cm³/mol. The third kappa shape index (κ3) is 5.22. The second-order valence-corrected chi connectivity index (χ2v) is 9.03. The summed E-state index contributed by atoms with van der Waals surface area (Å²) in [5.41, 5.74) is 1.68. The van der Waals surface area contributed by atoms with E-state index in [4.69, 9.17) is 9.15 Å². The van der Waals surface area contributed by atoms with Crippen LogP contribution in [0.25, 0.3) is 22.1 Å². The molecule has 0 atom stereocenters. The van der Waals surface area contributed by atoms with E-state index in [2.05, 4.69) is 0 Å².